The quantitative estimate of drug-likeness (QED) is 0.674. The molecule has 0 aliphatic carbocycles. The van der Waals surface area contributed by atoms with Crippen LogP contribution in [0.2, 0.25) is 5.02 Å². The molecule has 2 aliphatic rings. The lowest BCUT2D eigenvalue weighted by Gasteiger charge is -2.38. The Bertz CT molecular complexity index is 1000. The van der Waals surface area contributed by atoms with Crippen LogP contribution < -0.4 is 0 Å². The molecule has 0 bridgehead atoms. The number of benzene rings is 1. The Morgan fingerprint density at radius 3 is 2.50 bits per heavy atom. The van der Waals surface area contributed by atoms with Gasteiger partial charge in [-0.25, -0.2) is 14.4 Å². The molecule has 2 unspecified atom stereocenters. The summed E-state index contributed by atoms with van der Waals surface area (Å²) in [4.78, 5) is 26.6. The van der Waals surface area contributed by atoms with Gasteiger partial charge in [0.05, 0.1) is 17.1 Å². The maximum Gasteiger partial charge on any atom is 0.257 e. The molecule has 1 aromatic heterocycles. The molecule has 1 aromatic carbocycles. The van der Waals surface area contributed by atoms with Gasteiger partial charge in [0.2, 0.25) is 0 Å². The van der Waals surface area contributed by atoms with Gasteiger partial charge >= 0.3 is 0 Å². The Kier molecular flexibility index (Phi) is 6.46. The van der Waals surface area contributed by atoms with Gasteiger partial charge in [-0.3, -0.25) is 9.69 Å². The second kappa shape index (κ2) is 8.99. The largest absolute Gasteiger partial charge is 0.384 e. The number of β-amino-alcohol motifs (C(OH)–C–C–N with tert-alkyl or cyclic N) is 1. The highest BCUT2D eigenvalue weighted by atomic mass is 35.5. The van der Waals surface area contributed by atoms with Crippen LogP contribution in [0.5, 0.6) is 0 Å². The molecule has 2 N–H and O–H groups in total. The molecule has 172 valence electrons. The number of halogens is 2. The fourth-order valence-corrected chi connectivity index (χ4v) is 4.36. The molecule has 1 amide bonds. The molecule has 1 saturated heterocycles. The van der Waals surface area contributed by atoms with Crippen LogP contribution in [0.25, 0.3) is 0 Å². The van der Waals surface area contributed by atoms with Gasteiger partial charge in [0.1, 0.15) is 17.2 Å². The van der Waals surface area contributed by atoms with Crippen LogP contribution in [0.3, 0.4) is 0 Å². The third kappa shape index (κ3) is 4.35. The number of aliphatic hydroxyl groups is 2. The highest BCUT2D eigenvalue weighted by Crippen LogP contribution is 2.38. The minimum atomic E-state index is -1.46. The van der Waals surface area contributed by atoms with Crippen molar-refractivity contribution < 1.29 is 19.4 Å². The molecule has 2 aliphatic heterocycles. The third-order valence-electron chi connectivity index (χ3n) is 6.36. The zero-order chi connectivity index (χ0) is 23.0. The molecular weight excluding hydrogens is 437 g/mol. The number of fused-ring (bicyclic) bond motifs is 1. The van der Waals surface area contributed by atoms with E-state index in [0.717, 1.165) is 31.1 Å². The summed E-state index contributed by atoms with van der Waals surface area (Å²) in [6, 6.07) is 2.74. The second-order valence-electron chi connectivity index (χ2n) is 8.51. The summed E-state index contributed by atoms with van der Waals surface area (Å²) in [7, 11) is 2.05. The summed E-state index contributed by atoms with van der Waals surface area (Å²) < 4.78 is 15.1. The summed E-state index contributed by atoms with van der Waals surface area (Å²) in [6.45, 7) is 5.48. The molecule has 0 spiro atoms. The monoisotopic (exact) mass is 463 g/mol. The van der Waals surface area contributed by atoms with E-state index in [0.29, 0.717) is 23.6 Å². The number of nitrogens with zero attached hydrogens (tertiary/aromatic N) is 5. The average Bonchev–Trinajstić information content (AvgIpc) is 3.02. The van der Waals surface area contributed by atoms with Crippen LogP contribution in [-0.2, 0) is 12.1 Å². The maximum absolute atomic E-state index is 15.1. The average molecular weight is 464 g/mol. The van der Waals surface area contributed by atoms with E-state index >= 15 is 4.39 Å². The van der Waals surface area contributed by atoms with Gasteiger partial charge in [-0.15, -0.1) is 0 Å². The number of carbonyl (C=O) groups excluding carboxylic acids is 1. The molecule has 10 heteroatoms. The summed E-state index contributed by atoms with van der Waals surface area (Å²) in [5.74, 6) is -0.983. The summed E-state index contributed by atoms with van der Waals surface area (Å²) >= 11 is 5.80. The van der Waals surface area contributed by atoms with Crippen LogP contribution in [0.4, 0.5) is 4.39 Å². The lowest BCUT2D eigenvalue weighted by Crippen LogP contribution is -2.49. The lowest BCUT2D eigenvalue weighted by molar-refractivity contribution is -0.0154. The highest BCUT2D eigenvalue weighted by molar-refractivity contribution is 6.30. The number of likely N-dealkylation sites (N-methyl/N-ethyl adjacent to an activating group) is 1. The smallest absolute Gasteiger partial charge is 0.257 e. The normalized spacial score (nSPS) is 21.6. The van der Waals surface area contributed by atoms with Crippen LogP contribution in [0, 0.1) is 5.82 Å². The van der Waals surface area contributed by atoms with Crippen molar-refractivity contribution in [1.29, 1.82) is 0 Å². The topological polar surface area (TPSA) is 93.0 Å². The zero-order valence-electron chi connectivity index (χ0n) is 18.1. The van der Waals surface area contributed by atoms with Gasteiger partial charge in [0.25, 0.3) is 5.91 Å². The van der Waals surface area contributed by atoms with E-state index in [1.54, 1.807) is 0 Å². The zero-order valence-corrected chi connectivity index (χ0v) is 18.9. The molecule has 8 nitrogen and oxygen atoms in total. The molecule has 2 atom stereocenters. The number of aromatic nitrogens is 2. The first kappa shape index (κ1) is 23.0. The van der Waals surface area contributed by atoms with Crippen LogP contribution in [0.1, 0.15) is 46.9 Å². The molecule has 32 heavy (non-hydrogen) atoms. The molecule has 0 radical (unpaired) electrons. The van der Waals surface area contributed by atoms with Crippen LogP contribution >= 0.6 is 11.6 Å². The number of aliphatic hydroxyl groups excluding tert-OH is 1. The van der Waals surface area contributed by atoms with E-state index in [1.165, 1.54) is 24.5 Å². The number of hydrogen-bond acceptors (Lipinski definition) is 7. The molecule has 3 heterocycles. The Morgan fingerprint density at radius 1 is 1.22 bits per heavy atom. The Morgan fingerprint density at radius 2 is 1.88 bits per heavy atom. The van der Waals surface area contributed by atoms with Gasteiger partial charge in [0, 0.05) is 50.7 Å². The van der Waals surface area contributed by atoms with Gasteiger partial charge in [-0.05, 0) is 31.2 Å². The number of amides is 1. The fourth-order valence-electron chi connectivity index (χ4n) is 4.26. The Labute approximate surface area is 191 Å². The van der Waals surface area contributed by atoms with Crippen molar-refractivity contribution in [3.8, 4) is 0 Å². The SMILES string of the molecule is CCC(O)(CN1CCN(C)CC1)c1cc(F)c2c(c1)C(=O)N(Cc1ncc(Cl)cn1)C2O. The predicted molar refractivity (Wildman–Crippen MR) is 116 cm³/mol. The van der Waals surface area contributed by atoms with Crippen molar-refractivity contribution in [1.82, 2.24) is 24.7 Å². The maximum atomic E-state index is 15.1. The van der Waals surface area contributed by atoms with Crippen molar-refractivity contribution in [2.24, 2.45) is 0 Å². The Balaban J connectivity index is 1.60. The molecule has 2 aromatic rings. The highest BCUT2D eigenvalue weighted by Gasteiger charge is 2.41. The standard InChI is InChI=1S/C22H27ClFN5O3/c1-3-22(32,13-28-6-4-27(2)5-7-28)14-8-16-19(17(24)9-14)21(31)29(20(16)30)12-18-25-10-15(23)11-26-18/h8-11,21,31-32H,3-7,12-13H2,1-2H3. The third-order valence-corrected chi connectivity index (χ3v) is 6.56. The summed E-state index contributed by atoms with van der Waals surface area (Å²) in [6.07, 6.45) is 1.68. The van der Waals surface area contributed by atoms with Crippen molar-refractivity contribution >= 4 is 17.5 Å². The molecule has 0 saturated carbocycles. The first-order valence-electron chi connectivity index (χ1n) is 10.6. The number of carbonyl (C=O) groups is 1. The minimum absolute atomic E-state index is 0.0479. The van der Waals surface area contributed by atoms with E-state index in [1.807, 2.05) is 6.92 Å². The van der Waals surface area contributed by atoms with Gasteiger partial charge in [-0.1, -0.05) is 18.5 Å². The van der Waals surface area contributed by atoms with E-state index in [-0.39, 0.29) is 23.5 Å². The van der Waals surface area contributed by atoms with Crippen molar-refractivity contribution in [3.63, 3.8) is 0 Å². The van der Waals surface area contributed by atoms with Crippen LogP contribution in [-0.4, -0.2) is 80.6 Å². The summed E-state index contributed by atoms with van der Waals surface area (Å²) in [5.41, 5.74) is -1.03. The number of hydrogen-bond donors (Lipinski definition) is 2. The minimum Gasteiger partial charge on any atom is -0.384 e. The Hall–Kier alpha value is -2.17. The van der Waals surface area contributed by atoms with Crippen molar-refractivity contribution in [2.75, 3.05) is 39.8 Å². The molecular formula is C22H27ClFN5O3. The summed E-state index contributed by atoms with van der Waals surface area (Å²) in [5, 5.41) is 22.4. The van der Waals surface area contributed by atoms with Gasteiger partial charge in [-0.2, -0.15) is 0 Å². The van der Waals surface area contributed by atoms with Gasteiger partial charge in [0.15, 0.2) is 6.23 Å². The fraction of sp³-hybridized carbons (Fsp3) is 0.500. The second-order valence-corrected chi connectivity index (χ2v) is 8.94. The lowest BCUT2D eigenvalue weighted by atomic mass is 9.88. The van der Waals surface area contributed by atoms with Crippen molar-refractivity contribution in [2.45, 2.75) is 31.7 Å². The van der Waals surface area contributed by atoms with E-state index < -0.39 is 23.6 Å². The van der Waals surface area contributed by atoms with Gasteiger partial charge < -0.3 is 20.0 Å². The molecule has 4 rings (SSSR count). The number of piperazine rings is 1. The van der Waals surface area contributed by atoms with E-state index in [4.69, 9.17) is 11.6 Å². The van der Waals surface area contributed by atoms with Crippen molar-refractivity contribution in [3.05, 3.63) is 57.9 Å². The molecule has 1 fully saturated rings. The van der Waals surface area contributed by atoms with E-state index in [2.05, 4.69) is 26.8 Å². The first-order valence-corrected chi connectivity index (χ1v) is 11.0. The predicted octanol–water partition coefficient (Wildman–Crippen LogP) is 1.76. The number of rotatable bonds is 6. The van der Waals surface area contributed by atoms with Crippen LogP contribution in [0.15, 0.2) is 24.5 Å². The first-order chi connectivity index (χ1) is 15.2. The van der Waals surface area contributed by atoms with E-state index in [9.17, 15) is 15.0 Å².